The summed E-state index contributed by atoms with van der Waals surface area (Å²) >= 11 is 0. The zero-order valence-electron chi connectivity index (χ0n) is 22.4. The maximum Gasteiger partial charge on any atom is 0.322 e. The van der Waals surface area contributed by atoms with Gasteiger partial charge in [-0.05, 0) is 74.1 Å². The Labute approximate surface area is 229 Å². The summed E-state index contributed by atoms with van der Waals surface area (Å²) in [6.45, 7) is 6.76. The molecule has 0 bridgehead atoms. The molecule has 2 aliphatic rings. The van der Waals surface area contributed by atoms with Crippen molar-refractivity contribution in [1.82, 2.24) is 9.62 Å². The van der Waals surface area contributed by atoms with Crippen LogP contribution in [0, 0.1) is 6.92 Å². The van der Waals surface area contributed by atoms with Crippen molar-refractivity contribution in [3.63, 3.8) is 0 Å². The highest BCUT2D eigenvalue weighted by Gasteiger charge is 2.44. The minimum atomic E-state index is -4.19. The summed E-state index contributed by atoms with van der Waals surface area (Å²) in [4.78, 5) is 38.5. The first kappa shape index (κ1) is 28.6. The predicted octanol–water partition coefficient (Wildman–Crippen LogP) is 3.05. The first-order valence-corrected chi connectivity index (χ1v) is 14.6. The molecule has 2 N–H and O–H groups in total. The third kappa shape index (κ3) is 6.25. The first-order valence-electron chi connectivity index (χ1n) is 13.2. The molecular weight excluding hydrogens is 522 g/mol. The first-order chi connectivity index (χ1) is 18.5. The Hall–Kier alpha value is -3.44. The zero-order chi connectivity index (χ0) is 28.3. The number of carbonyl (C=O) groups is 3. The number of aryl methyl sites for hydroxylation is 1. The van der Waals surface area contributed by atoms with E-state index in [1.54, 1.807) is 6.92 Å². The number of anilines is 1. The smallest absolute Gasteiger partial charge is 0.322 e. The maximum atomic E-state index is 13.4. The van der Waals surface area contributed by atoms with Crippen LogP contribution >= 0.6 is 0 Å². The highest BCUT2D eigenvalue weighted by Crippen LogP contribution is 2.31. The van der Waals surface area contributed by atoms with Gasteiger partial charge in [0.25, 0.3) is 0 Å². The van der Waals surface area contributed by atoms with Gasteiger partial charge in [0, 0.05) is 38.3 Å². The molecule has 0 aromatic heterocycles. The van der Waals surface area contributed by atoms with Gasteiger partial charge in [0.2, 0.25) is 15.9 Å². The van der Waals surface area contributed by atoms with Crippen molar-refractivity contribution in [2.75, 3.05) is 24.5 Å². The van der Waals surface area contributed by atoms with Gasteiger partial charge in [-0.2, -0.15) is 4.31 Å². The standard InChI is InChI=1S/C28H35N3O7S/c1-4-24(20-7-9-22(10-8-20)30-13-5-6-14-30)28(35)38-26-12-11-23(15-18(26)2)39(36,37)31-17-21(29-19(3)32)16-25(31)27(33)34/h7-12,15,21,24-25H,4-6,13-14,16-17H2,1-3H3,(H,29,32)(H,33,34)/t21-,24?,25-/m0/s1. The molecule has 3 atom stereocenters. The van der Waals surface area contributed by atoms with Gasteiger partial charge >= 0.3 is 11.9 Å². The number of nitrogens with zero attached hydrogens (tertiary/aromatic N) is 2. The van der Waals surface area contributed by atoms with Crippen LogP contribution in [0.5, 0.6) is 5.75 Å². The second-order valence-corrected chi connectivity index (χ2v) is 12.0. The SMILES string of the molecule is CCC(C(=O)Oc1ccc(S(=O)(=O)N2C[C@@H](NC(C)=O)C[C@H]2C(=O)O)cc1C)c1ccc(N2CCCC2)cc1. The third-order valence-corrected chi connectivity index (χ3v) is 9.24. The van der Waals surface area contributed by atoms with Crippen molar-refractivity contribution in [2.24, 2.45) is 0 Å². The molecule has 0 saturated carbocycles. The molecule has 1 unspecified atom stereocenters. The number of ether oxygens (including phenoxy) is 1. The normalized spacial score (nSPS) is 20.5. The number of hydrogen-bond acceptors (Lipinski definition) is 7. The van der Waals surface area contributed by atoms with Crippen LogP contribution in [0.1, 0.15) is 56.6 Å². The molecular formula is C28H35N3O7S. The number of esters is 1. The van der Waals surface area contributed by atoms with Gasteiger partial charge in [-0.15, -0.1) is 0 Å². The molecule has 1 amide bonds. The quantitative estimate of drug-likeness (QED) is 0.355. The molecule has 0 aliphatic carbocycles. The Balaban J connectivity index is 1.49. The van der Waals surface area contributed by atoms with Gasteiger partial charge in [-0.3, -0.25) is 14.4 Å². The summed E-state index contributed by atoms with van der Waals surface area (Å²) in [6.07, 6.45) is 2.87. The second kappa shape index (κ2) is 11.7. The van der Waals surface area contributed by atoms with E-state index < -0.39 is 40.0 Å². The number of carboxylic acids is 1. The van der Waals surface area contributed by atoms with Gasteiger partial charge in [0.05, 0.1) is 10.8 Å². The van der Waals surface area contributed by atoms with Crippen LogP contribution in [0.2, 0.25) is 0 Å². The minimum Gasteiger partial charge on any atom is -0.480 e. The molecule has 4 rings (SSSR count). The monoisotopic (exact) mass is 557 g/mol. The average molecular weight is 558 g/mol. The molecule has 10 nitrogen and oxygen atoms in total. The number of hydrogen-bond donors (Lipinski definition) is 2. The van der Waals surface area contributed by atoms with E-state index in [2.05, 4.69) is 10.2 Å². The highest BCUT2D eigenvalue weighted by atomic mass is 32.2. The summed E-state index contributed by atoms with van der Waals surface area (Å²) < 4.78 is 33.3. The Morgan fingerprint density at radius 2 is 1.77 bits per heavy atom. The number of aliphatic carboxylic acids is 1. The molecule has 2 fully saturated rings. The lowest BCUT2D eigenvalue weighted by Crippen LogP contribution is -2.41. The van der Waals surface area contributed by atoms with E-state index in [1.807, 2.05) is 31.2 Å². The van der Waals surface area contributed by atoms with E-state index in [9.17, 15) is 27.9 Å². The minimum absolute atomic E-state index is 0.0275. The summed E-state index contributed by atoms with van der Waals surface area (Å²) in [5, 5.41) is 12.2. The summed E-state index contributed by atoms with van der Waals surface area (Å²) in [5.74, 6) is -2.33. The lowest BCUT2D eigenvalue weighted by Gasteiger charge is -2.22. The number of benzene rings is 2. The van der Waals surface area contributed by atoms with Gasteiger partial charge in [-0.25, -0.2) is 8.42 Å². The Bertz CT molecular complexity index is 1340. The lowest BCUT2D eigenvalue weighted by atomic mass is 9.96. The predicted molar refractivity (Wildman–Crippen MR) is 145 cm³/mol. The Morgan fingerprint density at radius 3 is 2.33 bits per heavy atom. The number of nitrogens with one attached hydrogen (secondary N) is 1. The molecule has 210 valence electrons. The lowest BCUT2D eigenvalue weighted by molar-refractivity contribution is -0.140. The van der Waals surface area contributed by atoms with Gasteiger partial charge in [-0.1, -0.05) is 19.1 Å². The Kier molecular flexibility index (Phi) is 8.60. The molecule has 39 heavy (non-hydrogen) atoms. The highest BCUT2D eigenvalue weighted by molar-refractivity contribution is 7.89. The van der Waals surface area contributed by atoms with Crippen molar-refractivity contribution in [3.05, 3.63) is 53.6 Å². The summed E-state index contributed by atoms with van der Waals surface area (Å²) in [6, 6.07) is 10.2. The van der Waals surface area contributed by atoms with Crippen LogP contribution in [0.25, 0.3) is 0 Å². The van der Waals surface area contributed by atoms with Crippen LogP contribution in [0.15, 0.2) is 47.4 Å². The Morgan fingerprint density at radius 1 is 1.10 bits per heavy atom. The van der Waals surface area contributed by atoms with Gasteiger partial charge in [0.15, 0.2) is 0 Å². The van der Waals surface area contributed by atoms with Crippen LogP contribution in [-0.4, -0.2) is 67.4 Å². The van der Waals surface area contributed by atoms with Crippen LogP contribution in [0.3, 0.4) is 0 Å². The van der Waals surface area contributed by atoms with E-state index in [1.165, 1.54) is 38.0 Å². The van der Waals surface area contributed by atoms with Crippen LogP contribution in [0.4, 0.5) is 5.69 Å². The fourth-order valence-corrected chi connectivity index (χ4v) is 7.05. The van der Waals surface area contributed by atoms with Gasteiger partial charge in [0.1, 0.15) is 11.8 Å². The van der Waals surface area contributed by atoms with E-state index in [-0.39, 0.29) is 29.5 Å². The van der Waals surface area contributed by atoms with Crippen LogP contribution < -0.4 is 15.0 Å². The molecule has 2 aromatic rings. The number of carbonyl (C=O) groups excluding carboxylic acids is 2. The topological polar surface area (TPSA) is 133 Å². The number of sulfonamides is 1. The largest absolute Gasteiger partial charge is 0.480 e. The van der Waals surface area contributed by atoms with Crippen molar-refractivity contribution >= 4 is 33.6 Å². The van der Waals surface area contributed by atoms with Crippen molar-refractivity contribution in [3.8, 4) is 5.75 Å². The van der Waals surface area contributed by atoms with E-state index in [0.717, 1.165) is 28.6 Å². The van der Waals surface area contributed by atoms with Crippen molar-refractivity contribution in [1.29, 1.82) is 0 Å². The molecule has 2 saturated heterocycles. The number of carboxylic acid groups (broad SMARTS) is 1. The van der Waals surface area contributed by atoms with Gasteiger partial charge < -0.3 is 20.1 Å². The molecule has 0 spiro atoms. The van der Waals surface area contributed by atoms with Crippen LogP contribution in [-0.2, 0) is 24.4 Å². The molecule has 2 aliphatic heterocycles. The maximum absolute atomic E-state index is 13.4. The molecule has 2 heterocycles. The third-order valence-electron chi connectivity index (χ3n) is 7.37. The fourth-order valence-electron chi connectivity index (χ4n) is 5.33. The summed E-state index contributed by atoms with van der Waals surface area (Å²) in [5.41, 5.74) is 2.41. The van der Waals surface area contributed by atoms with Crippen molar-refractivity contribution in [2.45, 2.75) is 69.4 Å². The molecule has 0 radical (unpaired) electrons. The summed E-state index contributed by atoms with van der Waals surface area (Å²) in [7, 11) is -4.19. The average Bonchev–Trinajstić information content (AvgIpc) is 3.57. The fraction of sp³-hybridized carbons (Fsp3) is 0.464. The second-order valence-electron chi connectivity index (χ2n) is 10.2. The molecule has 2 aromatic carbocycles. The number of amides is 1. The number of rotatable bonds is 9. The molecule has 11 heteroatoms. The van der Waals surface area contributed by atoms with Crippen molar-refractivity contribution < 1.29 is 32.6 Å². The van der Waals surface area contributed by atoms with E-state index >= 15 is 0 Å². The van der Waals surface area contributed by atoms with E-state index in [4.69, 9.17) is 4.74 Å². The van der Waals surface area contributed by atoms with E-state index in [0.29, 0.717) is 12.0 Å². The zero-order valence-corrected chi connectivity index (χ0v) is 23.2.